The highest BCUT2D eigenvalue weighted by atomic mass is 16.7. The maximum Gasteiger partial charge on any atom is 0.315 e. The predicted octanol–water partition coefficient (Wildman–Crippen LogP) is 2.79. The normalized spacial score (nSPS) is 18.5. The zero-order valence-electron chi connectivity index (χ0n) is 12.4. The summed E-state index contributed by atoms with van der Waals surface area (Å²) >= 11 is 0. The van der Waals surface area contributed by atoms with Crippen molar-refractivity contribution < 1.29 is 14.3 Å². The van der Waals surface area contributed by atoms with Gasteiger partial charge in [-0.15, -0.1) is 0 Å². The van der Waals surface area contributed by atoms with E-state index in [1.165, 1.54) is 25.7 Å². The van der Waals surface area contributed by atoms with Gasteiger partial charge >= 0.3 is 6.03 Å². The van der Waals surface area contributed by atoms with Crippen molar-refractivity contribution in [3.05, 3.63) is 23.8 Å². The summed E-state index contributed by atoms with van der Waals surface area (Å²) in [6.07, 6.45) is 4.96. The predicted molar refractivity (Wildman–Crippen MR) is 79.4 cm³/mol. The summed E-state index contributed by atoms with van der Waals surface area (Å²) < 4.78 is 10.6. The molecule has 1 saturated carbocycles. The van der Waals surface area contributed by atoms with E-state index in [1.54, 1.807) is 0 Å². The molecule has 5 nitrogen and oxygen atoms in total. The molecule has 1 fully saturated rings. The lowest BCUT2D eigenvalue weighted by Gasteiger charge is -2.23. The first-order valence-corrected chi connectivity index (χ1v) is 7.55. The van der Waals surface area contributed by atoms with Crippen LogP contribution in [0.25, 0.3) is 0 Å². The molecule has 0 unspecified atom stereocenters. The Morgan fingerprint density at radius 1 is 1.19 bits per heavy atom. The monoisotopic (exact) mass is 290 g/mol. The van der Waals surface area contributed by atoms with Crippen LogP contribution in [-0.2, 0) is 6.54 Å². The second kappa shape index (κ2) is 5.84. The third-order valence-electron chi connectivity index (χ3n) is 4.38. The van der Waals surface area contributed by atoms with Crippen molar-refractivity contribution in [2.45, 2.75) is 39.2 Å². The molecule has 0 spiro atoms. The van der Waals surface area contributed by atoms with E-state index in [4.69, 9.17) is 9.47 Å². The van der Waals surface area contributed by atoms with Gasteiger partial charge in [-0.25, -0.2) is 4.79 Å². The SMILES string of the molecule is CC1(CNC(=O)NCc2ccc3c(c2)OCO3)CCCC1. The third kappa shape index (κ3) is 3.40. The van der Waals surface area contributed by atoms with Crippen molar-refractivity contribution in [1.29, 1.82) is 0 Å². The van der Waals surface area contributed by atoms with Gasteiger partial charge in [0, 0.05) is 13.1 Å². The molecule has 1 aromatic rings. The number of benzene rings is 1. The van der Waals surface area contributed by atoms with Crippen LogP contribution in [0.5, 0.6) is 11.5 Å². The second-order valence-electron chi connectivity index (χ2n) is 6.24. The Morgan fingerprint density at radius 2 is 1.95 bits per heavy atom. The quantitative estimate of drug-likeness (QED) is 0.896. The number of nitrogens with one attached hydrogen (secondary N) is 2. The van der Waals surface area contributed by atoms with E-state index >= 15 is 0 Å². The molecular formula is C16H22N2O3. The number of fused-ring (bicyclic) bond motifs is 1. The van der Waals surface area contributed by atoms with Crippen LogP contribution in [0.2, 0.25) is 0 Å². The maximum atomic E-state index is 11.9. The highest BCUT2D eigenvalue weighted by Crippen LogP contribution is 2.36. The van der Waals surface area contributed by atoms with Crippen LogP contribution in [0.4, 0.5) is 4.79 Å². The van der Waals surface area contributed by atoms with E-state index in [9.17, 15) is 4.79 Å². The molecule has 2 N–H and O–H groups in total. The number of ether oxygens (including phenoxy) is 2. The molecule has 0 bridgehead atoms. The molecule has 0 saturated heterocycles. The molecule has 1 aromatic carbocycles. The van der Waals surface area contributed by atoms with Gasteiger partial charge < -0.3 is 20.1 Å². The lowest BCUT2D eigenvalue weighted by Crippen LogP contribution is -2.40. The van der Waals surface area contributed by atoms with Crippen molar-refractivity contribution in [1.82, 2.24) is 10.6 Å². The van der Waals surface area contributed by atoms with E-state index in [-0.39, 0.29) is 18.2 Å². The van der Waals surface area contributed by atoms with Crippen LogP contribution in [0.3, 0.4) is 0 Å². The van der Waals surface area contributed by atoms with Crippen LogP contribution in [-0.4, -0.2) is 19.4 Å². The molecule has 2 amide bonds. The molecule has 1 aliphatic heterocycles. The molecule has 0 aromatic heterocycles. The lowest BCUT2D eigenvalue weighted by atomic mass is 9.89. The number of amides is 2. The van der Waals surface area contributed by atoms with Gasteiger partial charge in [-0.3, -0.25) is 0 Å². The number of urea groups is 1. The van der Waals surface area contributed by atoms with Crippen LogP contribution in [0.15, 0.2) is 18.2 Å². The van der Waals surface area contributed by atoms with Gasteiger partial charge in [-0.2, -0.15) is 0 Å². The average Bonchev–Trinajstić information content (AvgIpc) is 3.11. The summed E-state index contributed by atoms with van der Waals surface area (Å²) in [5.74, 6) is 1.51. The van der Waals surface area contributed by atoms with Gasteiger partial charge in [0.15, 0.2) is 11.5 Å². The average molecular weight is 290 g/mol. The molecule has 3 rings (SSSR count). The first kappa shape index (κ1) is 14.0. The van der Waals surface area contributed by atoms with Gasteiger partial charge in [0.25, 0.3) is 0 Å². The highest BCUT2D eigenvalue weighted by Gasteiger charge is 2.28. The fourth-order valence-electron chi connectivity index (χ4n) is 2.99. The van der Waals surface area contributed by atoms with E-state index < -0.39 is 0 Å². The van der Waals surface area contributed by atoms with E-state index in [0.29, 0.717) is 6.54 Å². The van der Waals surface area contributed by atoms with Crippen molar-refractivity contribution in [3.8, 4) is 11.5 Å². The lowest BCUT2D eigenvalue weighted by molar-refractivity contribution is 0.174. The van der Waals surface area contributed by atoms with Crippen LogP contribution in [0, 0.1) is 5.41 Å². The summed E-state index contributed by atoms with van der Waals surface area (Å²) in [5.41, 5.74) is 1.28. The Morgan fingerprint density at radius 3 is 2.76 bits per heavy atom. The van der Waals surface area contributed by atoms with Crippen LogP contribution < -0.4 is 20.1 Å². The van der Waals surface area contributed by atoms with E-state index in [1.807, 2.05) is 18.2 Å². The van der Waals surface area contributed by atoms with Crippen molar-refractivity contribution in [2.24, 2.45) is 5.41 Å². The minimum atomic E-state index is -0.110. The summed E-state index contributed by atoms with van der Waals surface area (Å²) in [6.45, 7) is 3.75. The van der Waals surface area contributed by atoms with Crippen molar-refractivity contribution >= 4 is 6.03 Å². The zero-order chi connectivity index (χ0) is 14.7. The molecular weight excluding hydrogens is 268 g/mol. The molecule has 0 radical (unpaired) electrons. The summed E-state index contributed by atoms with van der Waals surface area (Å²) in [7, 11) is 0. The van der Waals surface area contributed by atoms with Gasteiger partial charge in [-0.1, -0.05) is 25.8 Å². The maximum absolute atomic E-state index is 11.9. The van der Waals surface area contributed by atoms with Crippen molar-refractivity contribution in [2.75, 3.05) is 13.3 Å². The molecule has 0 atom stereocenters. The number of carbonyl (C=O) groups excluding carboxylic acids is 1. The number of hydrogen-bond donors (Lipinski definition) is 2. The number of rotatable bonds is 4. The fraction of sp³-hybridized carbons (Fsp3) is 0.562. The van der Waals surface area contributed by atoms with Gasteiger partial charge in [0.1, 0.15) is 0 Å². The Kier molecular flexibility index (Phi) is 3.90. The summed E-state index contributed by atoms with van der Waals surface area (Å²) in [5, 5.41) is 5.87. The topological polar surface area (TPSA) is 59.6 Å². The van der Waals surface area contributed by atoms with Gasteiger partial charge in [0.2, 0.25) is 6.79 Å². The Balaban J connectivity index is 1.45. The largest absolute Gasteiger partial charge is 0.454 e. The Labute approximate surface area is 125 Å². The standard InChI is InChI=1S/C16H22N2O3/c1-16(6-2-3-7-16)10-18-15(19)17-9-12-4-5-13-14(8-12)21-11-20-13/h4-5,8H,2-3,6-7,9-11H2,1H3,(H2,17,18,19). The molecule has 114 valence electrons. The van der Waals surface area contributed by atoms with Crippen molar-refractivity contribution in [3.63, 3.8) is 0 Å². The zero-order valence-corrected chi connectivity index (χ0v) is 12.4. The second-order valence-corrected chi connectivity index (χ2v) is 6.24. The first-order chi connectivity index (χ1) is 10.1. The van der Waals surface area contributed by atoms with Gasteiger partial charge in [-0.05, 0) is 36.0 Å². The molecule has 2 aliphatic rings. The molecule has 1 aliphatic carbocycles. The van der Waals surface area contributed by atoms with E-state index in [2.05, 4.69) is 17.6 Å². The minimum absolute atomic E-state index is 0.110. The number of hydrogen-bond acceptors (Lipinski definition) is 3. The van der Waals surface area contributed by atoms with Crippen LogP contribution in [0.1, 0.15) is 38.2 Å². The third-order valence-corrected chi connectivity index (χ3v) is 4.38. The van der Waals surface area contributed by atoms with Gasteiger partial charge in [0.05, 0.1) is 0 Å². The Bertz CT molecular complexity index is 524. The molecule has 1 heterocycles. The highest BCUT2D eigenvalue weighted by molar-refractivity contribution is 5.73. The van der Waals surface area contributed by atoms with E-state index in [0.717, 1.165) is 23.6 Å². The Hall–Kier alpha value is -1.91. The fourth-order valence-corrected chi connectivity index (χ4v) is 2.99. The minimum Gasteiger partial charge on any atom is -0.454 e. The summed E-state index contributed by atoms with van der Waals surface area (Å²) in [4.78, 5) is 11.9. The first-order valence-electron chi connectivity index (χ1n) is 7.55. The van der Waals surface area contributed by atoms with Crippen LogP contribution >= 0.6 is 0 Å². The smallest absolute Gasteiger partial charge is 0.315 e. The number of carbonyl (C=O) groups is 1. The molecule has 21 heavy (non-hydrogen) atoms. The summed E-state index contributed by atoms with van der Waals surface area (Å²) in [6, 6.07) is 5.60. The molecule has 5 heteroatoms.